The van der Waals surface area contributed by atoms with Crippen LogP contribution in [0.4, 0.5) is 11.4 Å². The maximum absolute atomic E-state index is 5.30. The second kappa shape index (κ2) is 5.45. The average Bonchev–Trinajstić information content (AvgIpc) is 2.42. The molecule has 0 amide bonds. The van der Waals surface area contributed by atoms with E-state index in [1.165, 1.54) is 0 Å². The van der Waals surface area contributed by atoms with Crippen molar-refractivity contribution in [1.29, 1.82) is 0 Å². The predicted octanol–water partition coefficient (Wildman–Crippen LogP) is 3.76. The van der Waals surface area contributed by atoms with Gasteiger partial charge in [-0.3, -0.25) is 0 Å². The van der Waals surface area contributed by atoms with Gasteiger partial charge >= 0.3 is 0 Å². The van der Waals surface area contributed by atoms with Crippen molar-refractivity contribution in [3.05, 3.63) is 48.0 Å². The summed E-state index contributed by atoms with van der Waals surface area (Å²) in [5.41, 5.74) is 3.14. The van der Waals surface area contributed by atoms with Gasteiger partial charge in [-0.1, -0.05) is 6.07 Å². The lowest BCUT2D eigenvalue weighted by Crippen LogP contribution is -1.93. The van der Waals surface area contributed by atoms with Crippen LogP contribution >= 0.6 is 0 Å². The standard InChI is InChI=1S/C15H17NO2/c1-11-4-5-13(10-15(11)18-3)16-12-6-8-14(17-2)9-7-12/h4-10,16H,1-3H3. The number of aryl methyl sites for hydroxylation is 1. The minimum absolute atomic E-state index is 0.849. The highest BCUT2D eigenvalue weighted by Crippen LogP contribution is 2.25. The lowest BCUT2D eigenvalue weighted by atomic mass is 10.2. The lowest BCUT2D eigenvalue weighted by Gasteiger charge is -2.10. The molecule has 0 aromatic heterocycles. The molecule has 0 aliphatic carbocycles. The molecule has 2 aromatic carbocycles. The summed E-state index contributed by atoms with van der Waals surface area (Å²) in [4.78, 5) is 0. The molecule has 0 atom stereocenters. The Morgan fingerprint density at radius 2 is 1.50 bits per heavy atom. The van der Waals surface area contributed by atoms with Crippen LogP contribution in [0.1, 0.15) is 5.56 Å². The summed E-state index contributed by atoms with van der Waals surface area (Å²) in [6.45, 7) is 2.02. The average molecular weight is 243 g/mol. The molecule has 0 bridgehead atoms. The molecule has 18 heavy (non-hydrogen) atoms. The Kier molecular flexibility index (Phi) is 3.72. The van der Waals surface area contributed by atoms with Gasteiger partial charge in [0.1, 0.15) is 11.5 Å². The van der Waals surface area contributed by atoms with Gasteiger partial charge in [-0.2, -0.15) is 0 Å². The summed E-state index contributed by atoms with van der Waals surface area (Å²) in [6, 6.07) is 13.9. The van der Waals surface area contributed by atoms with E-state index in [9.17, 15) is 0 Å². The lowest BCUT2D eigenvalue weighted by molar-refractivity contribution is 0.412. The zero-order valence-electron chi connectivity index (χ0n) is 10.9. The summed E-state index contributed by atoms with van der Waals surface area (Å²) in [5, 5.41) is 3.32. The summed E-state index contributed by atoms with van der Waals surface area (Å²) in [6.07, 6.45) is 0. The van der Waals surface area contributed by atoms with E-state index >= 15 is 0 Å². The third-order valence-electron chi connectivity index (χ3n) is 2.79. The summed E-state index contributed by atoms with van der Waals surface area (Å²) in [7, 11) is 3.34. The van der Waals surface area contributed by atoms with Gasteiger partial charge in [0, 0.05) is 17.4 Å². The molecule has 2 rings (SSSR count). The van der Waals surface area contributed by atoms with Gasteiger partial charge in [-0.15, -0.1) is 0 Å². The first-order valence-electron chi connectivity index (χ1n) is 5.78. The van der Waals surface area contributed by atoms with Crippen LogP contribution in [-0.2, 0) is 0 Å². The van der Waals surface area contributed by atoms with E-state index in [0.29, 0.717) is 0 Å². The fourth-order valence-electron chi connectivity index (χ4n) is 1.74. The van der Waals surface area contributed by atoms with E-state index in [2.05, 4.69) is 5.32 Å². The Labute approximate surface area is 107 Å². The van der Waals surface area contributed by atoms with Crippen LogP contribution < -0.4 is 14.8 Å². The topological polar surface area (TPSA) is 30.5 Å². The molecule has 0 unspecified atom stereocenters. The molecule has 0 saturated heterocycles. The van der Waals surface area contributed by atoms with Crippen molar-refractivity contribution < 1.29 is 9.47 Å². The van der Waals surface area contributed by atoms with Crippen molar-refractivity contribution in [2.45, 2.75) is 6.92 Å². The van der Waals surface area contributed by atoms with Crippen molar-refractivity contribution in [1.82, 2.24) is 0 Å². The number of hydrogen-bond donors (Lipinski definition) is 1. The van der Waals surface area contributed by atoms with E-state index in [1.807, 2.05) is 49.4 Å². The van der Waals surface area contributed by atoms with Crippen LogP contribution in [0.15, 0.2) is 42.5 Å². The number of nitrogens with one attached hydrogen (secondary N) is 1. The van der Waals surface area contributed by atoms with Gasteiger partial charge in [-0.05, 0) is 42.8 Å². The van der Waals surface area contributed by atoms with Crippen LogP contribution in [0.25, 0.3) is 0 Å². The molecule has 0 fully saturated rings. The second-order valence-electron chi connectivity index (χ2n) is 4.04. The van der Waals surface area contributed by atoms with Crippen LogP contribution in [0.3, 0.4) is 0 Å². The first-order chi connectivity index (χ1) is 8.72. The van der Waals surface area contributed by atoms with Crippen LogP contribution in [-0.4, -0.2) is 14.2 Å². The molecular formula is C15H17NO2. The van der Waals surface area contributed by atoms with Crippen molar-refractivity contribution in [3.63, 3.8) is 0 Å². The summed E-state index contributed by atoms with van der Waals surface area (Å²) >= 11 is 0. The maximum atomic E-state index is 5.30. The first kappa shape index (κ1) is 12.3. The van der Waals surface area contributed by atoms with Crippen LogP contribution in [0.5, 0.6) is 11.5 Å². The quantitative estimate of drug-likeness (QED) is 0.887. The van der Waals surface area contributed by atoms with E-state index in [4.69, 9.17) is 9.47 Å². The molecule has 1 N–H and O–H groups in total. The first-order valence-corrected chi connectivity index (χ1v) is 5.78. The smallest absolute Gasteiger partial charge is 0.123 e. The number of hydrogen-bond acceptors (Lipinski definition) is 3. The van der Waals surface area contributed by atoms with Gasteiger partial charge in [0.05, 0.1) is 14.2 Å². The number of ether oxygens (including phenoxy) is 2. The van der Waals surface area contributed by atoms with Crippen molar-refractivity contribution in [2.75, 3.05) is 19.5 Å². The highest BCUT2D eigenvalue weighted by molar-refractivity contribution is 5.62. The third-order valence-corrected chi connectivity index (χ3v) is 2.79. The van der Waals surface area contributed by atoms with Crippen LogP contribution in [0.2, 0.25) is 0 Å². The Balaban J connectivity index is 2.17. The summed E-state index contributed by atoms with van der Waals surface area (Å²) in [5.74, 6) is 1.73. The second-order valence-corrected chi connectivity index (χ2v) is 4.04. The van der Waals surface area contributed by atoms with Gasteiger partial charge in [0.15, 0.2) is 0 Å². The zero-order valence-corrected chi connectivity index (χ0v) is 10.9. The Morgan fingerprint density at radius 1 is 0.833 bits per heavy atom. The normalized spacial score (nSPS) is 9.94. The largest absolute Gasteiger partial charge is 0.497 e. The highest BCUT2D eigenvalue weighted by Gasteiger charge is 2.01. The maximum Gasteiger partial charge on any atom is 0.123 e. The Morgan fingerprint density at radius 3 is 2.11 bits per heavy atom. The minimum atomic E-state index is 0.849. The molecule has 3 nitrogen and oxygen atoms in total. The Hall–Kier alpha value is -2.16. The van der Waals surface area contributed by atoms with Gasteiger partial charge < -0.3 is 14.8 Å². The molecule has 94 valence electrons. The fourth-order valence-corrected chi connectivity index (χ4v) is 1.74. The number of rotatable bonds is 4. The predicted molar refractivity (Wildman–Crippen MR) is 74.0 cm³/mol. The molecule has 2 aromatic rings. The molecule has 0 saturated carbocycles. The van der Waals surface area contributed by atoms with Gasteiger partial charge in [0.25, 0.3) is 0 Å². The number of methoxy groups -OCH3 is 2. The molecule has 0 aliphatic heterocycles. The molecule has 0 heterocycles. The van der Waals surface area contributed by atoms with Crippen molar-refractivity contribution in [3.8, 4) is 11.5 Å². The minimum Gasteiger partial charge on any atom is -0.497 e. The van der Waals surface area contributed by atoms with Crippen LogP contribution in [0, 0.1) is 6.92 Å². The van der Waals surface area contributed by atoms with E-state index in [0.717, 1.165) is 28.4 Å². The van der Waals surface area contributed by atoms with Crippen molar-refractivity contribution >= 4 is 11.4 Å². The molecule has 0 radical (unpaired) electrons. The van der Waals surface area contributed by atoms with Gasteiger partial charge in [0.2, 0.25) is 0 Å². The molecule has 3 heteroatoms. The monoisotopic (exact) mass is 243 g/mol. The highest BCUT2D eigenvalue weighted by atomic mass is 16.5. The SMILES string of the molecule is COc1ccc(Nc2ccc(C)c(OC)c2)cc1. The van der Waals surface area contributed by atoms with E-state index in [1.54, 1.807) is 14.2 Å². The number of anilines is 2. The van der Waals surface area contributed by atoms with Gasteiger partial charge in [-0.25, -0.2) is 0 Å². The molecular weight excluding hydrogens is 226 g/mol. The fraction of sp³-hybridized carbons (Fsp3) is 0.200. The summed E-state index contributed by atoms with van der Waals surface area (Å²) < 4.78 is 10.4. The Bertz CT molecular complexity index is 521. The van der Waals surface area contributed by atoms with Crippen molar-refractivity contribution in [2.24, 2.45) is 0 Å². The number of benzene rings is 2. The molecule has 0 spiro atoms. The third kappa shape index (κ3) is 2.74. The zero-order chi connectivity index (χ0) is 13.0. The van der Waals surface area contributed by atoms with E-state index in [-0.39, 0.29) is 0 Å². The molecule has 0 aliphatic rings. The van der Waals surface area contributed by atoms with E-state index < -0.39 is 0 Å².